The van der Waals surface area contributed by atoms with Gasteiger partial charge in [-0.2, -0.15) is 0 Å². The summed E-state index contributed by atoms with van der Waals surface area (Å²) in [4.78, 5) is 24.1. The number of nitrogens with one attached hydrogen (secondary N) is 1. The van der Waals surface area contributed by atoms with E-state index in [0.29, 0.717) is 22.7 Å². The number of benzene rings is 3. The van der Waals surface area contributed by atoms with E-state index >= 15 is 0 Å². The van der Waals surface area contributed by atoms with Gasteiger partial charge in [0.2, 0.25) is 0 Å². The van der Waals surface area contributed by atoms with Crippen LogP contribution in [0.1, 0.15) is 5.56 Å². The van der Waals surface area contributed by atoms with E-state index in [4.69, 9.17) is 14.2 Å². The normalized spacial score (nSPS) is 10.7. The molecule has 0 bridgehead atoms. The number of hydrogen-bond donors (Lipinski definition) is 1. The first-order chi connectivity index (χ1) is 14.1. The van der Waals surface area contributed by atoms with Crippen molar-refractivity contribution in [1.29, 1.82) is 0 Å². The minimum atomic E-state index is -0.629. The largest absolute Gasteiger partial charge is 0.497 e. The molecule has 3 aromatic rings. The Morgan fingerprint density at radius 2 is 1.76 bits per heavy atom. The van der Waals surface area contributed by atoms with Gasteiger partial charge in [-0.15, -0.1) is 0 Å². The predicted octanol–water partition coefficient (Wildman–Crippen LogP) is 4.05. The van der Waals surface area contributed by atoms with Gasteiger partial charge in [-0.25, -0.2) is 4.79 Å². The van der Waals surface area contributed by atoms with Crippen molar-refractivity contribution < 1.29 is 23.8 Å². The van der Waals surface area contributed by atoms with Crippen LogP contribution in [0.3, 0.4) is 0 Å². The minimum Gasteiger partial charge on any atom is -0.497 e. The number of carbonyl (C=O) groups is 2. The summed E-state index contributed by atoms with van der Waals surface area (Å²) in [7, 11) is 3.09. The molecule has 0 aliphatic heterocycles. The molecule has 1 amide bonds. The van der Waals surface area contributed by atoms with Gasteiger partial charge >= 0.3 is 5.97 Å². The fourth-order valence-electron chi connectivity index (χ4n) is 2.82. The lowest BCUT2D eigenvalue weighted by atomic mass is 10.1. The molecule has 6 nitrogen and oxygen atoms in total. The zero-order valence-corrected chi connectivity index (χ0v) is 16.2. The van der Waals surface area contributed by atoms with Gasteiger partial charge in [0.1, 0.15) is 11.5 Å². The predicted molar refractivity (Wildman–Crippen MR) is 112 cm³/mol. The van der Waals surface area contributed by atoms with E-state index in [-0.39, 0.29) is 6.61 Å². The molecule has 0 unspecified atom stereocenters. The summed E-state index contributed by atoms with van der Waals surface area (Å²) in [5.74, 6) is 0.162. The first-order valence-corrected chi connectivity index (χ1v) is 8.95. The summed E-state index contributed by atoms with van der Waals surface area (Å²) < 4.78 is 15.4. The maximum absolute atomic E-state index is 12.2. The van der Waals surface area contributed by atoms with Crippen LogP contribution >= 0.6 is 0 Å². The van der Waals surface area contributed by atoms with Crippen LogP contribution in [0.4, 0.5) is 5.69 Å². The van der Waals surface area contributed by atoms with Crippen molar-refractivity contribution in [3.63, 3.8) is 0 Å². The van der Waals surface area contributed by atoms with Crippen molar-refractivity contribution in [2.24, 2.45) is 0 Å². The van der Waals surface area contributed by atoms with E-state index in [9.17, 15) is 9.59 Å². The summed E-state index contributed by atoms with van der Waals surface area (Å²) in [6, 6.07) is 18.6. The molecule has 0 aromatic heterocycles. The van der Waals surface area contributed by atoms with Gasteiger partial charge in [0, 0.05) is 28.8 Å². The second-order valence-corrected chi connectivity index (χ2v) is 6.12. The Bertz CT molecular complexity index is 1050. The van der Waals surface area contributed by atoms with Gasteiger partial charge in [0.15, 0.2) is 6.61 Å². The zero-order valence-electron chi connectivity index (χ0n) is 16.2. The number of ether oxygens (including phenoxy) is 3. The maximum atomic E-state index is 12.2. The van der Waals surface area contributed by atoms with E-state index < -0.39 is 11.9 Å². The molecule has 0 saturated heterocycles. The number of fused-ring (bicyclic) bond motifs is 1. The molecule has 0 spiro atoms. The first-order valence-electron chi connectivity index (χ1n) is 8.95. The van der Waals surface area contributed by atoms with Gasteiger partial charge in [0.05, 0.1) is 14.2 Å². The van der Waals surface area contributed by atoms with Crippen LogP contribution in [0.15, 0.2) is 66.7 Å². The Kier molecular flexibility index (Phi) is 6.47. The minimum absolute atomic E-state index is 0.383. The third-order valence-electron chi connectivity index (χ3n) is 4.25. The number of carbonyl (C=O) groups excluding carboxylic acids is 2. The Hall–Kier alpha value is -3.80. The molecule has 0 saturated carbocycles. The van der Waals surface area contributed by atoms with Crippen LogP contribution in [0.5, 0.6) is 11.5 Å². The van der Waals surface area contributed by atoms with E-state index in [1.54, 1.807) is 37.5 Å². The Morgan fingerprint density at radius 1 is 0.966 bits per heavy atom. The molecule has 0 atom stereocenters. The van der Waals surface area contributed by atoms with Crippen molar-refractivity contribution in [3.8, 4) is 11.5 Å². The monoisotopic (exact) mass is 391 g/mol. The van der Waals surface area contributed by atoms with Crippen molar-refractivity contribution in [2.75, 3.05) is 26.1 Å². The molecule has 6 heteroatoms. The number of rotatable bonds is 7. The van der Waals surface area contributed by atoms with Crippen LogP contribution in [-0.4, -0.2) is 32.7 Å². The molecule has 0 aliphatic carbocycles. The van der Waals surface area contributed by atoms with E-state index in [2.05, 4.69) is 5.32 Å². The van der Waals surface area contributed by atoms with Crippen LogP contribution in [0.25, 0.3) is 16.8 Å². The topological polar surface area (TPSA) is 73.9 Å². The van der Waals surface area contributed by atoms with Crippen molar-refractivity contribution in [3.05, 3.63) is 72.3 Å². The second kappa shape index (κ2) is 9.41. The lowest BCUT2D eigenvalue weighted by Crippen LogP contribution is -2.20. The summed E-state index contributed by atoms with van der Waals surface area (Å²) >= 11 is 0. The lowest BCUT2D eigenvalue weighted by Gasteiger charge is -2.09. The number of amides is 1. The molecule has 0 aliphatic rings. The number of methoxy groups -OCH3 is 2. The standard InChI is InChI=1S/C23H21NO5/c1-27-18-12-10-17(21(14-18)28-2)11-13-23(26)29-15-22(25)24-20-9-5-7-16-6-3-4-8-19(16)20/h3-14H,15H2,1-2H3,(H,24,25). The quantitative estimate of drug-likeness (QED) is 0.486. The average molecular weight is 391 g/mol. The molecule has 0 heterocycles. The second-order valence-electron chi connectivity index (χ2n) is 6.12. The fraction of sp³-hybridized carbons (Fsp3) is 0.130. The van der Waals surface area contributed by atoms with Crippen molar-refractivity contribution >= 4 is 34.4 Å². The summed E-state index contributed by atoms with van der Waals surface area (Å²) in [6.45, 7) is -0.383. The Labute approximate surface area is 168 Å². The third kappa shape index (κ3) is 5.13. The van der Waals surface area contributed by atoms with E-state index in [0.717, 1.165) is 10.8 Å². The van der Waals surface area contributed by atoms with Crippen molar-refractivity contribution in [2.45, 2.75) is 0 Å². The molecular weight excluding hydrogens is 370 g/mol. The zero-order chi connectivity index (χ0) is 20.6. The fourth-order valence-corrected chi connectivity index (χ4v) is 2.82. The van der Waals surface area contributed by atoms with E-state index in [1.165, 1.54) is 13.2 Å². The lowest BCUT2D eigenvalue weighted by molar-refractivity contribution is -0.142. The third-order valence-corrected chi connectivity index (χ3v) is 4.25. The molecule has 3 rings (SSSR count). The molecule has 3 aromatic carbocycles. The SMILES string of the molecule is COc1ccc(C=CC(=O)OCC(=O)Nc2cccc3ccccc23)c(OC)c1. The van der Waals surface area contributed by atoms with Gasteiger partial charge < -0.3 is 19.5 Å². The highest BCUT2D eigenvalue weighted by atomic mass is 16.5. The van der Waals surface area contributed by atoms with Gasteiger partial charge in [-0.05, 0) is 29.7 Å². The molecule has 1 N–H and O–H groups in total. The highest BCUT2D eigenvalue weighted by molar-refractivity contribution is 6.03. The van der Waals surface area contributed by atoms with Crippen molar-refractivity contribution in [1.82, 2.24) is 0 Å². The first kappa shape index (κ1) is 19.9. The Balaban J connectivity index is 1.58. The average Bonchev–Trinajstić information content (AvgIpc) is 2.76. The van der Waals surface area contributed by atoms with Gasteiger partial charge in [-0.1, -0.05) is 36.4 Å². The number of esters is 1. The maximum Gasteiger partial charge on any atom is 0.331 e. The molecule has 0 fully saturated rings. The highest BCUT2D eigenvalue weighted by Crippen LogP contribution is 2.25. The van der Waals surface area contributed by atoms with Crippen LogP contribution in [0, 0.1) is 0 Å². The van der Waals surface area contributed by atoms with Crippen LogP contribution < -0.4 is 14.8 Å². The summed E-state index contributed by atoms with van der Waals surface area (Å²) in [5.41, 5.74) is 1.35. The summed E-state index contributed by atoms with van der Waals surface area (Å²) in [5, 5.41) is 4.70. The summed E-state index contributed by atoms with van der Waals surface area (Å²) in [6.07, 6.45) is 2.80. The molecule has 148 valence electrons. The van der Waals surface area contributed by atoms with E-state index in [1.807, 2.05) is 36.4 Å². The number of hydrogen-bond acceptors (Lipinski definition) is 5. The molecule has 0 radical (unpaired) electrons. The number of anilines is 1. The molecule has 29 heavy (non-hydrogen) atoms. The Morgan fingerprint density at radius 3 is 2.55 bits per heavy atom. The van der Waals surface area contributed by atoms with Crippen LogP contribution in [0.2, 0.25) is 0 Å². The highest BCUT2D eigenvalue weighted by Gasteiger charge is 2.08. The smallest absolute Gasteiger partial charge is 0.331 e. The van der Waals surface area contributed by atoms with Gasteiger partial charge in [0.25, 0.3) is 5.91 Å². The van der Waals surface area contributed by atoms with Gasteiger partial charge in [-0.3, -0.25) is 4.79 Å². The molecular formula is C23H21NO5. The van der Waals surface area contributed by atoms with Crippen LogP contribution in [-0.2, 0) is 14.3 Å².